The molecular weight excluding hydrogens is 412 g/mol. The standard InChI is InChI=1S/C28H30N2O3/c1-4-6-12-19(5-2)28(32)29-22-17-18-24(33-20-13-8-7-9-14-20)25-26(22)30(3)23-16-11-10-15-21(23)27(25)31/h7-11,13-19H,4-6,12H2,1-3H3,(H,29,32). The summed E-state index contributed by atoms with van der Waals surface area (Å²) in [7, 11) is 1.92. The number of carbonyl (C=O) groups is 1. The van der Waals surface area contributed by atoms with Gasteiger partial charge in [-0.05, 0) is 49.2 Å². The van der Waals surface area contributed by atoms with Crippen LogP contribution >= 0.6 is 0 Å². The molecule has 0 aliphatic heterocycles. The van der Waals surface area contributed by atoms with Crippen molar-refractivity contribution in [2.24, 2.45) is 13.0 Å². The number of amides is 1. The molecule has 5 heteroatoms. The molecule has 4 aromatic rings. The summed E-state index contributed by atoms with van der Waals surface area (Å²) in [5.41, 5.74) is 1.97. The first kappa shape index (κ1) is 22.6. The van der Waals surface area contributed by atoms with E-state index in [4.69, 9.17) is 4.74 Å². The molecule has 3 aromatic carbocycles. The molecule has 0 saturated heterocycles. The van der Waals surface area contributed by atoms with E-state index in [1.165, 1.54) is 0 Å². The van der Waals surface area contributed by atoms with Gasteiger partial charge in [0.15, 0.2) is 0 Å². The van der Waals surface area contributed by atoms with Crippen LogP contribution in [0, 0.1) is 5.92 Å². The summed E-state index contributed by atoms with van der Waals surface area (Å²) in [4.78, 5) is 26.7. The van der Waals surface area contributed by atoms with Gasteiger partial charge in [-0.15, -0.1) is 0 Å². The number of nitrogens with one attached hydrogen (secondary N) is 1. The minimum atomic E-state index is -0.112. The summed E-state index contributed by atoms with van der Waals surface area (Å²) in [6, 6.07) is 20.5. The predicted octanol–water partition coefficient (Wildman–Crippen LogP) is 6.64. The number of unbranched alkanes of at least 4 members (excludes halogenated alkanes) is 1. The fourth-order valence-corrected chi connectivity index (χ4v) is 4.36. The third-order valence-corrected chi connectivity index (χ3v) is 6.21. The molecule has 170 valence electrons. The number of hydrogen-bond acceptors (Lipinski definition) is 3. The Kier molecular flexibility index (Phi) is 6.78. The van der Waals surface area contributed by atoms with E-state index in [0.29, 0.717) is 33.5 Å². The Morgan fingerprint density at radius 2 is 1.73 bits per heavy atom. The van der Waals surface area contributed by atoms with E-state index in [-0.39, 0.29) is 17.3 Å². The molecule has 0 bridgehead atoms. The first-order valence-electron chi connectivity index (χ1n) is 11.6. The Morgan fingerprint density at radius 1 is 1.00 bits per heavy atom. The quantitative estimate of drug-likeness (QED) is 0.311. The van der Waals surface area contributed by atoms with Gasteiger partial charge in [-0.2, -0.15) is 0 Å². The van der Waals surface area contributed by atoms with Crippen LogP contribution in [-0.2, 0) is 11.8 Å². The van der Waals surface area contributed by atoms with Crippen LogP contribution in [0.1, 0.15) is 39.5 Å². The second kappa shape index (κ2) is 9.90. The van der Waals surface area contributed by atoms with Gasteiger partial charge in [0.2, 0.25) is 11.3 Å². The lowest BCUT2D eigenvalue weighted by atomic mass is 9.98. The van der Waals surface area contributed by atoms with Crippen molar-refractivity contribution in [3.63, 3.8) is 0 Å². The van der Waals surface area contributed by atoms with E-state index in [2.05, 4.69) is 12.2 Å². The Hall–Kier alpha value is -3.60. The highest BCUT2D eigenvalue weighted by atomic mass is 16.5. The van der Waals surface area contributed by atoms with E-state index < -0.39 is 0 Å². The van der Waals surface area contributed by atoms with Crippen molar-refractivity contribution in [2.75, 3.05) is 5.32 Å². The van der Waals surface area contributed by atoms with E-state index >= 15 is 0 Å². The molecule has 1 aromatic heterocycles. The molecule has 1 unspecified atom stereocenters. The zero-order chi connectivity index (χ0) is 23.4. The molecular formula is C28H30N2O3. The van der Waals surface area contributed by atoms with Gasteiger partial charge in [-0.1, -0.05) is 57.0 Å². The summed E-state index contributed by atoms with van der Waals surface area (Å²) >= 11 is 0. The number of fused-ring (bicyclic) bond motifs is 2. The normalized spacial score (nSPS) is 12.1. The van der Waals surface area contributed by atoms with Gasteiger partial charge >= 0.3 is 0 Å². The summed E-state index contributed by atoms with van der Waals surface area (Å²) < 4.78 is 8.10. The van der Waals surface area contributed by atoms with Crippen molar-refractivity contribution >= 4 is 33.4 Å². The van der Waals surface area contributed by atoms with Crippen molar-refractivity contribution in [3.8, 4) is 11.5 Å². The maximum Gasteiger partial charge on any atom is 0.227 e. The third-order valence-electron chi connectivity index (χ3n) is 6.21. The highest BCUT2D eigenvalue weighted by Crippen LogP contribution is 2.34. The van der Waals surface area contributed by atoms with Crippen molar-refractivity contribution < 1.29 is 9.53 Å². The van der Waals surface area contributed by atoms with Crippen LogP contribution in [-0.4, -0.2) is 10.5 Å². The number of aryl methyl sites for hydroxylation is 1. The van der Waals surface area contributed by atoms with Crippen molar-refractivity contribution in [3.05, 3.63) is 77.0 Å². The monoisotopic (exact) mass is 442 g/mol. The van der Waals surface area contributed by atoms with Crippen LogP contribution in [0.4, 0.5) is 5.69 Å². The van der Waals surface area contributed by atoms with E-state index in [0.717, 1.165) is 31.2 Å². The highest BCUT2D eigenvalue weighted by molar-refractivity contribution is 6.06. The van der Waals surface area contributed by atoms with Crippen LogP contribution in [0.25, 0.3) is 21.8 Å². The fraction of sp³-hybridized carbons (Fsp3) is 0.286. The van der Waals surface area contributed by atoms with Gasteiger partial charge in [0, 0.05) is 18.4 Å². The van der Waals surface area contributed by atoms with Gasteiger partial charge < -0.3 is 14.6 Å². The predicted molar refractivity (Wildman–Crippen MR) is 135 cm³/mol. The zero-order valence-electron chi connectivity index (χ0n) is 19.4. The molecule has 1 N–H and O–H groups in total. The zero-order valence-corrected chi connectivity index (χ0v) is 19.4. The lowest BCUT2D eigenvalue weighted by Gasteiger charge is -2.19. The molecule has 33 heavy (non-hydrogen) atoms. The molecule has 1 amide bonds. The SMILES string of the molecule is CCCCC(CC)C(=O)Nc1ccc(Oc2ccccc2)c2c(=O)c3ccccc3n(C)c12. The van der Waals surface area contributed by atoms with Gasteiger partial charge in [0.1, 0.15) is 11.5 Å². The summed E-state index contributed by atoms with van der Waals surface area (Å²) in [5, 5.41) is 4.19. The van der Waals surface area contributed by atoms with Crippen molar-refractivity contribution in [2.45, 2.75) is 39.5 Å². The summed E-state index contributed by atoms with van der Waals surface area (Å²) in [6.45, 7) is 4.17. The Labute approximate surface area is 194 Å². The number of pyridine rings is 1. The average Bonchev–Trinajstić information content (AvgIpc) is 2.84. The topological polar surface area (TPSA) is 60.3 Å². The summed E-state index contributed by atoms with van der Waals surface area (Å²) in [6.07, 6.45) is 3.70. The lowest BCUT2D eigenvalue weighted by molar-refractivity contribution is -0.120. The third kappa shape index (κ3) is 4.49. The first-order chi connectivity index (χ1) is 16.0. The second-order valence-corrected chi connectivity index (χ2v) is 8.39. The molecule has 0 radical (unpaired) electrons. The first-order valence-corrected chi connectivity index (χ1v) is 11.6. The van der Waals surface area contributed by atoms with Crippen LogP contribution in [0.5, 0.6) is 11.5 Å². The molecule has 0 aliphatic rings. The van der Waals surface area contributed by atoms with Crippen molar-refractivity contribution in [1.29, 1.82) is 0 Å². The molecule has 0 aliphatic carbocycles. The number of anilines is 1. The lowest BCUT2D eigenvalue weighted by Crippen LogP contribution is -2.23. The van der Waals surface area contributed by atoms with Crippen LogP contribution < -0.4 is 15.5 Å². The Balaban J connectivity index is 1.89. The number of carbonyl (C=O) groups excluding carboxylic acids is 1. The minimum absolute atomic E-state index is 0.00964. The number of para-hydroxylation sites is 2. The number of benzene rings is 3. The van der Waals surface area contributed by atoms with Gasteiger partial charge in [-0.25, -0.2) is 0 Å². The van der Waals surface area contributed by atoms with Gasteiger partial charge in [0.25, 0.3) is 0 Å². The largest absolute Gasteiger partial charge is 0.457 e. The molecule has 1 heterocycles. The van der Waals surface area contributed by atoms with E-state index in [1.807, 2.05) is 79.2 Å². The number of hydrogen-bond donors (Lipinski definition) is 1. The van der Waals surface area contributed by atoms with Crippen molar-refractivity contribution in [1.82, 2.24) is 4.57 Å². The number of ether oxygens (including phenoxy) is 1. The molecule has 1 atom stereocenters. The smallest absolute Gasteiger partial charge is 0.227 e. The maximum absolute atomic E-state index is 13.6. The fourth-order valence-electron chi connectivity index (χ4n) is 4.36. The molecule has 4 rings (SSSR count). The molecule has 0 fully saturated rings. The average molecular weight is 443 g/mol. The maximum atomic E-state index is 13.6. The molecule has 0 saturated carbocycles. The van der Waals surface area contributed by atoms with Crippen LogP contribution in [0.15, 0.2) is 71.5 Å². The van der Waals surface area contributed by atoms with Gasteiger partial charge in [-0.3, -0.25) is 9.59 Å². The summed E-state index contributed by atoms with van der Waals surface area (Å²) in [5.74, 6) is 1.05. The number of rotatable bonds is 8. The Bertz CT molecular complexity index is 1340. The van der Waals surface area contributed by atoms with Crippen LogP contribution in [0.3, 0.4) is 0 Å². The molecule has 0 spiro atoms. The highest BCUT2D eigenvalue weighted by Gasteiger charge is 2.21. The number of aromatic nitrogens is 1. The Morgan fingerprint density at radius 3 is 2.45 bits per heavy atom. The van der Waals surface area contributed by atoms with E-state index in [9.17, 15) is 9.59 Å². The minimum Gasteiger partial charge on any atom is -0.457 e. The van der Waals surface area contributed by atoms with Gasteiger partial charge in [0.05, 0.1) is 22.1 Å². The molecule has 5 nitrogen and oxygen atoms in total. The van der Waals surface area contributed by atoms with E-state index in [1.54, 1.807) is 6.07 Å². The van der Waals surface area contributed by atoms with Crippen LogP contribution in [0.2, 0.25) is 0 Å². The number of nitrogens with zero attached hydrogens (tertiary/aromatic N) is 1. The second-order valence-electron chi connectivity index (χ2n) is 8.39.